The van der Waals surface area contributed by atoms with Gasteiger partial charge in [-0.2, -0.15) is 0 Å². The lowest BCUT2D eigenvalue weighted by atomic mass is 10.2. The average molecular weight is 299 g/mol. The lowest BCUT2D eigenvalue weighted by Crippen LogP contribution is -2.11. The Balaban J connectivity index is 2.63. The van der Waals surface area contributed by atoms with E-state index in [4.69, 9.17) is 20.8 Å². The maximum atomic E-state index is 12.1. The van der Waals surface area contributed by atoms with Gasteiger partial charge in [0, 0.05) is 0 Å². The molecule has 0 unspecified atom stereocenters. The predicted octanol–water partition coefficient (Wildman–Crippen LogP) is 3.29. The van der Waals surface area contributed by atoms with Gasteiger partial charge in [-0.3, -0.25) is 0 Å². The van der Waals surface area contributed by atoms with Gasteiger partial charge in [0.05, 0.1) is 12.9 Å². The Kier molecular flexibility index (Phi) is 4.44. The smallest absolute Gasteiger partial charge is 0.343 e. The van der Waals surface area contributed by atoms with E-state index in [-0.39, 0.29) is 17.5 Å². The van der Waals surface area contributed by atoms with Gasteiger partial charge in [0.2, 0.25) is 5.28 Å². The van der Waals surface area contributed by atoms with Crippen LogP contribution < -0.4 is 0 Å². The monoisotopic (exact) mass is 298 g/mol. The molecule has 0 aromatic carbocycles. The first kappa shape index (κ1) is 13.9. The van der Waals surface area contributed by atoms with E-state index in [0.29, 0.717) is 16.5 Å². The highest BCUT2D eigenvalue weighted by atomic mass is 35.5. The number of carbonyl (C=O) groups excluding carboxylic acids is 1. The van der Waals surface area contributed by atoms with Crippen molar-refractivity contribution in [2.24, 2.45) is 0 Å². The van der Waals surface area contributed by atoms with Crippen LogP contribution in [0.5, 0.6) is 0 Å². The lowest BCUT2D eigenvalue weighted by molar-refractivity contribution is 0.0521. The highest BCUT2D eigenvalue weighted by molar-refractivity contribution is 7.98. The van der Waals surface area contributed by atoms with Gasteiger partial charge in [0.15, 0.2) is 5.76 Å². The number of furan rings is 1. The van der Waals surface area contributed by atoms with Crippen molar-refractivity contribution in [3.8, 4) is 11.5 Å². The molecule has 100 valence electrons. The number of nitrogens with zero attached hydrogens (tertiary/aromatic N) is 2. The number of rotatable bonds is 4. The maximum Gasteiger partial charge on any atom is 0.343 e. The molecule has 0 bridgehead atoms. The minimum atomic E-state index is -0.491. The quantitative estimate of drug-likeness (QED) is 0.373. The Labute approximate surface area is 119 Å². The van der Waals surface area contributed by atoms with Crippen molar-refractivity contribution in [1.29, 1.82) is 0 Å². The molecular weight excluding hydrogens is 288 g/mol. The molecule has 2 aromatic rings. The molecule has 0 atom stereocenters. The van der Waals surface area contributed by atoms with Gasteiger partial charge in [-0.15, -0.1) is 11.8 Å². The second kappa shape index (κ2) is 6.08. The van der Waals surface area contributed by atoms with E-state index in [9.17, 15) is 4.79 Å². The molecule has 19 heavy (non-hydrogen) atoms. The summed E-state index contributed by atoms with van der Waals surface area (Å²) in [5, 5.41) is 0.522. The van der Waals surface area contributed by atoms with Crippen LogP contribution in [0.1, 0.15) is 17.3 Å². The summed E-state index contributed by atoms with van der Waals surface area (Å²) in [5.41, 5.74) is 0.613. The van der Waals surface area contributed by atoms with Crippen molar-refractivity contribution in [2.45, 2.75) is 11.9 Å². The number of esters is 1. The van der Waals surface area contributed by atoms with Crippen LogP contribution in [0.25, 0.3) is 11.5 Å². The lowest BCUT2D eigenvalue weighted by Gasteiger charge is -2.10. The zero-order chi connectivity index (χ0) is 13.8. The molecule has 0 N–H and O–H groups in total. The first-order valence-electron chi connectivity index (χ1n) is 5.49. The zero-order valence-electron chi connectivity index (χ0n) is 10.3. The van der Waals surface area contributed by atoms with E-state index in [2.05, 4.69) is 9.97 Å². The third kappa shape index (κ3) is 2.90. The minimum absolute atomic E-state index is 0.0591. The fourth-order valence-electron chi connectivity index (χ4n) is 1.54. The highest BCUT2D eigenvalue weighted by Crippen LogP contribution is 2.30. The molecule has 2 rings (SSSR count). The largest absolute Gasteiger partial charge is 0.463 e. The number of halogens is 1. The fraction of sp³-hybridized carbons (Fsp3) is 0.250. The summed E-state index contributed by atoms with van der Waals surface area (Å²) < 4.78 is 10.3. The van der Waals surface area contributed by atoms with Crippen molar-refractivity contribution in [2.75, 3.05) is 12.9 Å². The standard InChI is InChI=1S/C12H11ClN2O3S/c1-3-17-11(16)8-9(7-5-4-6-18-7)14-12(13)15-10(8)19-2/h4-6H,3H2,1-2H3. The number of hydrogen-bond acceptors (Lipinski definition) is 6. The van der Waals surface area contributed by atoms with Crippen LogP contribution in [0.2, 0.25) is 5.28 Å². The van der Waals surface area contributed by atoms with Gasteiger partial charge in [-0.1, -0.05) is 0 Å². The van der Waals surface area contributed by atoms with Gasteiger partial charge >= 0.3 is 5.97 Å². The molecule has 2 heterocycles. The topological polar surface area (TPSA) is 65.2 Å². The Morgan fingerprint density at radius 3 is 2.89 bits per heavy atom. The van der Waals surface area contributed by atoms with E-state index >= 15 is 0 Å². The molecule has 2 aromatic heterocycles. The van der Waals surface area contributed by atoms with Gasteiger partial charge in [-0.05, 0) is 36.9 Å². The van der Waals surface area contributed by atoms with Crippen LogP contribution in [0, 0.1) is 0 Å². The number of thioether (sulfide) groups is 1. The molecule has 5 nitrogen and oxygen atoms in total. The van der Waals surface area contributed by atoms with Crippen molar-refractivity contribution >= 4 is 29.3 Å². The van der Waals surface area contributed by atoms with Crippen LogP contribution >= 0.6 is 23.4 Å². The third-order valence-corrected chi connectivity index (χ3v) is 3.13. The SMILES string of the molecule is CCOC(=O)c1c(SC)nc(Cl)nc1-c1ccco1. The number of hydrogen-bond donors (Lipinski definition) is 0. The van der Waals surface area contributed by atoms with Crippen molar-refractivity contribution < 1.29 is 13.9 Å². The van der Waals surface area contributed by atoms with Gasteiger partial charge in [-0.25, -0.2) is 14.8 Å². The minimum Gasteiger partial charge on any atom is -0.463 e. The zero-order valence-corrected chi connectivity index (χ0v) is 11.9. The molecule has 0 saturated carbocycles. The molecule has 7 heteroatoms. The van der Waals surface area contributed by atoms with Gasteiger partial charge in [0.1, 0.15) is 16.3 Å². The molecule has 0 radical (unpaired) electrons. The first-order chi connectivity index (χ1) is 9.17. The van der Waals surface area contributed by atoms with Crippen LogP contribution in [-0.2, 0) is 4.74 Å². The van der Waals surface area contributed by atoms with Crippen molar-refractivity contribution in [3.63, 3.8) is 0 Å². The summed E-state index contributed by atoms with van der Waals surface area (Å²) >= 11 is 7.17. The van der Waals surface area contributed by atoms with E-state index in [1.54, 1.807) is 25.3 Å². The van der Waals surface area contributed by atoms with Crippen molar-refractivity contribution in [1.82, 2.24) is 9.97 Å². The van der Waals surface area contributed by atoms with Crippen LogP contribution in [0.3, 0.4) is 0 Å². The van der Waals surface area contributed by atoms with E-state index in [1.165, 1.54) is 18.0 Å². The molecule has 0 aliphatic heterocycles. The molecule has 0 aliphatic carbocycles. The van der Waals surface area contributed by atoms with E-state index < -0.39 is 5.97 Å². The molecule has 0 saturated heterocycles. The Bertz CT molecular complexity index is 587. The predicted molar refractivity (Wildman–Crippen MR) is 72.5 cm³/mol. The summed E-state index contributed by atoms with van der Waals surface area (Å²) in [6, 6.07) is 3.41. The number of carbonyl (C=O) groups is 1. The average Bonchev–Trinajstić information content (AvgIpc) is 2.91. The summed E-state index contributed by atoms with van der Waals surface area (Å²) in [7, 11) is 0. The first-order valence-corrected chi connectivity index (χ1v) is 7.10. The van der Waals surface area contributed by atoms with Gasteiger partial charge < -0.3 is 9.15 Å². The molecule has 0 aliphatic rings. The summed E-state index contributed by atoms with van der Waals surface area (Å²) in [6.45, 7) is 2.01. The second-order valence-electron chi connectivity index (χ2n) is 3.42. The normalized spacial score (nSPS) is 10.5. The van der Waals surface area contributed by atoms with Crippen LogP contribution in [0.4, 0.5) is 0 Å². The van der Waals surface area contributed by atoms with Crippen LogP contribution in [0.15, 0.2) is 27.8 Å². The highest BCUT2D eigenvalue weighted by Gasteiger charge is 2.23. The Morgan fingerprint density at radius 1 is 1.53 bits per heavy atom. The Morgan fingerprint density at radius 2 is 2.32 bits per heavy atom. The molecule has 0 amide bonds. The molecular formula is C12H11ClN2O3S. The summed E-state index contributed by atoms with van der Waals surface area (Å²) in [5.74, 6) is -0.0439. The number of ether oxygens (including phenoxy) is 1. The molecule has 0 fully saturated rings. The number of aromatic nitrogens is 2. The molecule has 0 spiro atoms. The third-order valence-electron chi connectivity index (χ3n) is 2.28. The maximum absolute atomic E-state index is 12.1. The Hall–Kier alpha value is -1.53. The summed E-state index contributed by atoms with van der Waals surface area (Å²) in [4.78, 5) is 20.2. The van der Waals surface area contributed by atoms with Crippen molar-refractivity contribution in [3.05, 3.63) is 29.2 Å². The van der Waals surface area contributed by atoms with Crippen LogP contribution in [-0.4, -0.2) is 28.8 Å². The second-order valence-corrected chi connectivity index (χ2v) is 4.56. The van der Waals surface area contributed by atoms with E-state index in [1.807, 2.05) is 0 Å². The fourth-order valence-corrected chi connectivity index (χ4v) is 2.32. The van der Waals surface area contributed by atoms with E-state index in [0.717, 1.165) is 0 Å². The van der Waals surface area contributed by atoms with Gasteiger partial charge in [0.25, 0.3) is 0 Å². The summed E-state index contributed by atoms with van der Waals surface area (Å²) in [6.07, 6.45) is 3.30.